The fourth-order valence-corrected chi connectivity index (χ4v) is 3.83. The molecule has 4 nitrogen and oxygen atoms in total. The molecule has 1 aromatic carbocycles. The molecule has 0 fully saturated rings. The quantitative estimate of drug-likeness (QED) is 0.809. The smallest absolute Gasteiger partial charge is 0.254 e. The van der Waals surface area contributed by atoms with Gasteiger partial charge in [-0.1, -0.05) is 0 Å². The van der Waals surface area contributed by atoms with Crippen molar-refractivity contribution in [2.45, 2.75) is 13.5 Å². The average Bonchev–Trinajstić information content (AvgIpc) is 2.91. The highest BCUT2D eigenvalue weighted by atomic mass is 79.9. The Morgan fingerprint density at radius 2 is 2.09 bits per heavy atom. The maximum absolute atomic E-state index is 12.6. The topological polar surface area (TPSA) is 38.8 Å². The van der Waals surface area contributed by atoms with Crippen molar-refractivity contribution < 1.29 is 14.3 Å². The Morgan fingerprint density at radius 3 is 2.82 bits per heavy atom. The summed E-state index contributed by atoms with van der Waals surface area (Å²) in [5, 5.41) is 0. The van der Waals surface area contributed by atoms with Crippen LogP contribution in [0.25, 0.3) is 0 Å². The van der Waals surface area contributed by atoms with Gasteiger partial charge in [0, 0.05) is 22.4 Å². The molecule has 1 aliphatic heterocycles. The van der Waals surface area contributed by atoms with Crippen LogP contribution in [0.2, 0.25) is 0 Å². The molecule has 0 N–H and O–H groups in total. The number of ether oxygens (including phenoxy) is 2. The van der Waals surface area contributed by atoms with Gasteiger partial charge in [0.2, 0.25) is 0 Å². The number of carbonyl (C=O) groups excluding carboxylic acids is 1. The number of halogens is 1. The molecule has 22 heavy (non-hydrogen) atoms. The van der Waals surface area contributed by atoms with Crippen LogP contribution in [-0.4, -0.2) is 31.1 Å². The van der Waals surface area contributed by atoms with Crippen molar-refractivity contribution in [3.05, 3.63) is 44.1 Å². The molecule has 2 heterocycles. The number of nitrogens with zero attached hydrogens (tertiary/aromatic N) is 1. The van der Waals surface area contributed by atoms with Crippen molar-refractivity contribution in [1.29, 1.82) is 0 Å². The number of benzene rings is 1. The average molecular weight is 382 g/mol. The number of carbonyl (C=O) groups is 1. The Labute approximate surface area is 141 Å². The fraction of sp³-hybridized carbons (Fsp3) is 0.312. The number of thiophene rings is 1. The van der Waals surface area contributed by atoms with E-state index in [1.165, 1.54) is 9.75 Å². The van der Waals surface area contributed by atoms with Crippen molar-refractivity contribution in [3.8, 4) is 11.5 Å². The molecule has 0 bridgehead atoms. The van der Waals surface area contributed by atoms with Gasteiger partial charge in [0.1, 0.15) is 13.2 Å². The van der Waals surface area contributed by atoms with Crippen LogP contribution in [0, 0.1) is 6.92 Å². The molecular weight excluding hydrogens is 366 g/mol. The molecule has 2 aromatic rings. The van der Waals surface area contributed by atoms with Gasteiger partial charge in [-0.3, -0.25) is 4.79 Å². The summed E-state index contributed by atoms with van der Waals surface area (Å²) < 4.78 is 11.9. The number of rotatable bonds is 3. The second-order valence-electron chi connectivity index (χ2n) is 5.16. The van der Waals surface area contributed by atoms with Gasteiger partial charge in [-0.2, -0.15) is 0 Å². The van der Waals surface area contributed by atoms with Gasteiger partial charge in [0.05, 0.1) is 11.0 Å². The third kappa shape index (κ3) is 3.13. The highest BCUT2D eigenvalue weighted by molar-refractivity contribution is 9.10. The minimum atomic E-state index is -0.0382. The van der Waals surface area contributed by atoms with Crippen molar-refractivity contribution in [3.63, 3.8) is 0 Å². The highest BCUT2D eigenvalue weighted by Gasteiger charge is 2.21. The first-order valence-electron chi connectivity index (χ1n) is 6.94. The zero-order valence-electron chi connectivity index (χ0n) is 12.4. The SMILES string of the molecule is Cc1ccc(CN(C)C(=O)c2cc(Br)c3c(c2)OCCO3)s1. The van der Waals surface area contributed by atoms with Crippen LogP contribution in [0.15, 0.2) is 28.7 Å². The predicted molar refractivity (Wildman–Crippen MR) is 90.0 cm³/mol. The molecule has 1 amide bonds. The van der Waals surface area contributed by atoms with Crippen molar-refractivity contribution in [1.82, 2.24) is 4.90 Å². The lowest BCUT2D eigenvalue weighted by atomic mass is 10.1. The van der Waals surface area contributed by atoms with Crippen LogP contribution >= 0.6 is 27.3 Å². The van der Waals surface area contributed by atoms with Gasteiger partial charge in [-0.05, 0) is 47.1 Å². The number of aryl methyl sites for hydroxylation is 1. The molecule has 1 aromatic heterocycles. The minimum Gasteiger partial charge on any atom is -0.486 e. The largest absolute Gasteiger partial charge is 0.486 e. The summed E-state index contributed by atoms with van der Waals surface area (Å²) >= 11 is 5.15. The van der Waals surface area contributed by atoms with Gasteiger partial charge in [0.15, 0.2) is 11.5 Å². The summed E-state index contributed by atoms with van der Waals surface area (Å²) in [7, 11) is 1.81. The lowest BCUT2D eigenvalue weighted by Crippen LogP contribution is -2.26. The second kappa shape index (κ2) is 6.30. The fourth-order valence-electron chi connectivity index (χ4n) is 2.33. The number of amides is 1. The standard InChI is InChI=1S/C16H16BrNO3S/c1-10-3-4-12(22-10)9-18(2)16(19)11-7-13(17)15-14(8-11)20-5-6-21-15/h3-4,7-8H,5-6,9H2,1-2H3. The molecule has 1 aliphatic rings. The molecule has 3 rings (SSSR count). The van der Waals surface area contributed by atoms with E-state index in [0.29, 0.717) is 36.8 Å². The van der Waals surface area contributed by atoms with Crippen molar-refractivity contribution in [2.24, 2.45) is 0 Å². The molecular formula is C16H16BrNO3S. The van der Waals surface area contributed by atoms with E-state index in [4.69, 9.17) is 9.47 Å². The Morgan fingerprint density at radius 1 is 1.32 bits per heavy atom. The van der Waals surface area contributed by atoms with Gasteiger partial charge < -0.3 is 14.4 Å². The maximum Gasteiger partial charge on any atom is 0.254 e. The van der Waals surface area contributed by atoms with Gasteiger partial charge in [0.25, 0.3) is 5.91 Å². The molecule has 0 saturated carbocycles. The Bertz CT molecular complexity index is 713. The summed E-state index contributed by atoms with van der Waals surface area (Å²) in [6.07, 6.45) is 0. The van der Waals surface area contributed by atoms with Gasteiger partial charge in [-0.15, -0.1) is 11.3 Å². The maximum atomic E-state index is 12.6. The van der Waals surface area contributed by atoms with E-state index < -0.39 is 0 Å². The normalized spacial score (nSPS) is 13.0. The summed E-state index contributed by atoms with van der Waals surface area (Å²) in [5.41, 5.74) is 0.590. The third-order valence-corrected chi connectivity index (χ3v) is 4.95. The first kappa shape index (κ1) is 15.4. The van der Waals surface area contributed by atoms with Crippen LogP contribution in [0.3, 0.4) is 0 Å². The van der Waals surface area contributed by atoms with Crippen LogP contribution in [0.1, 0.15) is 20.1 Å². The van der Waals surface area contributed by atoms with E-state index in [0.717, 1.165) is 4.47 Å². The van der Waals surface area contributed by atoms with E-state index in [2.05, 4.69) is 35.0 Å². The van der Waals surface area contributed by atoms with Crippen molar-refractivity contribution >= 4 is 33.2 Å². The molecule has 0 aliphatic carbocycles. The number of fused-ring (bicyclic) bond motifs is 1. The zero-order valence-corrected chi connectivity index (χ0v) is 14.8. The van der Waals surface area contributed by atoms with E-state index >= 15 is 0 Å². The molecule has 0 spiro atoms. The van der Waals surface area contributed by atoms with Crippen molar-refractivity contribution in [2.75, 3.05) is 20.3 Å². The summed E-state index contributed by atoms with van der Waals surface area (Å²) in [6, 6.07) is 7.66. The Balaban J connectivity index is 1.80. The van der Waals surface area contributed by atoms with Crippen LogP contribution < -0.4 is 9.47 Å². The molecule has 0 saturated heterocycles. The van der Waals surface area contributed by atoms with Crippen LogP contribution in [0.5, 0.6) is 11.5 Å². The van der Waals surface area contributed by atoms with Gasteiger partial charge in [-0.25, -0.2) is 0 Å². The Kier molecular flexibility index (Phi) is 4.40. The zero-order chi connectivity index (χ0) is 15.7. The minimum absolute atomic E-state index is 0.0382. The monoisotopic (exact) mass is 381 g/mol. The molecule has 0 radical (unpaired) electrons. The predicted octanol–water partition coefficient (Wildman–Crippen LogP) is 3.86. The second-order valence-corrected chi connectivity index (χ2v) is 7.38. The summed E-state index contributed by atoms with van der Waals surface area (Å²) in [6.45, 7) is 3.69. The summed E-state index contributed by atoms with van der Waals surface area (Å²) in [5.74, 6) is 1.24. The third-order valence-electron chi connectivity index (χ3n) is 3.38. The first-order chi connectivity index (χ1) is 10.5. The first-order valence-corrected chi connectivity index (χ1v) is 8.55. The Hall–Kier alpha value is -1.53. The van der Waals surface area contributed by atoms with E-state index in [9.17, 15) is 4.79 Å². The van der Waals surface area contributed by atoms with E-state index in [-0.39, 0.29) is 5.91 Å². The lowest BCUT2D eigenvalue weighted by Gasteiger charge is -2.22. The molecule has 0 unspecified atom stereocenters. The summed E-state index contributed by atoms with van der Waals surface area (Å²) in [4.78, 5) is 16.7. The number of hydrogen-bond acceptors (Lipinski definition) is 4. The van der Waals surface area contributed by atoms with E-state index in [1.807, 2.05) is 7.05 Å². The van der Waals surface area contributed by atoms with E-state index in [1.54, 1.807) is 28.4 Å². The molecule has 0 atom stereocenters. The number of hydrogen-bond donors (Lipinski definition) is 0. The highest BCUT2D eigenvalue weighted by Crippen LogP contribution is 2.38. The molecule has 6 heteroatoms. The van der Waals surface area contributed by atoms with Crippen LogP contribution in [0.4, 0.5) is 0 Å². The lowest BCUT2D eigenvalue weighted by molar-refractivity contribution is 0.0785. The van der Waals surface area contributed by atoms with Crippen LogP contribution in [-0.2, 0) is 6.54 Å². The van der Waals surface area contributed by atoms with Gasteiger partial charge >= 0.3 is 0 Å². The molecule has 116 valence electrons.